The number of benzene rings is 2. The Bertz CT molecular complexity index is 1840. The summed E-state index contributed by atoms with van der Waals surface area (Å²) >= 11 is 0. The summed E-state index contributed by atoms with van der Waals surface area (Å²) in [6, 6.07) is 10.1. The van der Waals surface area contributed by atoms with Crippen LogP contribution in [0.3, 0.4) is 0 Å². The van der Waals surface area contributed by atoms with Crippen LogP contribution < -0.4 is 18.9 Å². The van der Waals surface area contributed by atoms with Crippen LogP contribution in [-0.4, -0.2) is 136 Å². The number of ether oxygens (including phenoxy) is 10. The molecule has 8 rings (SSSR count). The fraction of sp³-hybridized carbons (Fsp3) is 0.609. The molecule has 16 heteroatoms. The second kappa shape index (κ2) is 22.2. The SMILES string of the molecule is COC(=O)c1ccc2c(c1)OC/C=C/COCCN(C(=O)OC(C)(C)C)C1CC(C1)O2.COC(=O)c1ccc2c(c1)OCCCCOCCN(C(=O)OC(C)(C)C)C1CC(C1)O2. The van der Waals surface area contributed by atoms with Crippen LogP contribution in [0.25, 0.3) is 0 Å². The van der Waals surface area contributed by atoms with Gasteiger partial charge in [-0.2, -0.15) is 0 Å². The number of nitrogens with zero attached hydrogens (tertiary/aromatic N) is 2. The predicted molar refractivity (Wildman–Crippen MR) is 227 cm³/mol. The molecule has 4 aliphatic heterocycles. The van der Waals surface area contributed by atoms with Gasteiger partial charge in [0.2, 0.25) is 0 Å². The lowest BCUT2D eigenvalue weighted by atomic mass is 9.88. The van der Waals surface area contributed by atoms with Crippen molar-refractivity contribution in [2.75, 3.05) is 67.0 Å². The van der Waals surface area contributed by atoms with E-state index < -0.39 is 23.1 Å². The van der Waals surface area contributed by atoms with Gasteiger partial charge in [0, 0.05) is 57.5 Å². The zero-order valence-corrected chi connectivity index (χ0v) is 37.4. The molecule has 2 aliphatic carbocycles. The van der Waals surface area contributed by atoms with E-state index in [1.165, 1.54) is 14.2 Å². The Morgan fingerprint density at radius 2 is 1.02 bits per heavy atom. The van der Waals surface area contributed by atoms with Crippen molar-refractivity contribution in [3.8, 4) is 23.0 Å². The van der Waals surface area contributed by atoms with E-state index in [1.807, 2.05) is 53.7 Å². The van der Waals surface area contributed by atoms with Crippen molar-refractivity contribution < 1.29 is 66.5 Å². The second-order valence-corrected chi connectivity index (χ2v) is 17.4. The van der Waals surface area contributed by atoms with Crippen LogP contribution >= 0.6 is 0 Å². The summed E-state index contributed by atoms with van der Waals surface area (Å²) in [4.78, 5) is 52.7. The monoisotopic (exact) mass is 868 g/mol. The van der Waals surface area contributed by atoms with E-state index in [2.05, 4.69) is 0 Å². The summed E-state index contributed by atoms with van der Waals surface area (Å²) in [5.74, 6) is 1.27. The number of hydrogen-bond donors (Lipinski definition) is 0. The molecule has 4 bridgehead atoms. The van der Waals surface area contributed by atoms with Gasteiger partial charge in [-0.1, -0.05) is 6.08 Å². The molecule has 6 aliphatic rings. The fourth-order valence-corrected chi connectivity index (χ4v) is 6.89. The molecule has 0 atom stereocenters. The zero-order chi connectivity index (χ0) is 44.9. The van der Waals surface area contributed by atoms with Gasteiger partial charge >= 0.3 is 24.1 Å². The number of hydrogen-bond acceptors (Lipinski definition) is 14. The van der Waals surface area contributed by atoms with E-state index in [4.69, 9.17) is 47.4 Å². The first-order chi connectivity index (χ1) is 29.5. The first kappa shape index (κ1) is 47.8. The Labute approximate surface area is 364 Å². The highest BCUT2D eigenvalue weighted by Crippen LogP contribution is 2.38. The largest absolute Gasteiger partial charge is 0.490 e. The maximum Gasteiger partial charge on any atom is 0.410 e. The minimum atomic E-state index is -0.565. The van der Waals surface area contributed by atoms with Crippen molar-refractivity contribution in [1.82, 2.24) is 9.80 Å². The van der Waals surface area contributed by atoms with Crippen LogP contribution in [0.15, 0.2) is 48.6 Å². The number of methoxy groups -OCH3 is 2. The standard InChI is InChI=1S/C23H33NO7.C23H31NO7/c2*1-23(2,3)31-22(26)24-9-12-28-10-5-6-11-29-20-13-16(21(25)27-4)7-8-19(20)30-18-14-17(24)15-18/h7-8,13,17-18H,5-6,9-12,14-15H2,1-4H3;5-8,13,17-18H,9-12,14-15H2,1-4H3/b;6-5+. The van der Waals surface area contributed by atoms with Gasteiger partial charge in [-0.25, -0.2) is 19.2 Å². The van der Waals surface area contributed by atoms with E-state index in [-0.39, 0.29) is 36.5 Å². The molecule has 2 aromatic rings. The molecule has 2 saturated carbocycles. The Morgan fingerprint density at radius 1 is 0.565 bits per heavy atom. The third kappa shape index (κ3) is 14.4. The minimum absolute atomic E-state index is 0.0165. The van der Waals surface area contributed by atoms with Crippen LogP contribution in [0.2, 0.25) is 0 Å². The molecule has 0 N–H and O–H groups in total. The quantitative estimate of drug-likeness (QED) is 0.166. The van der Waals surface area contributed by atoms with E-state index in [1.54, 1.807) is 46.2 Å². The van der Waals surface area contributed by atoms with E-state index in [9.17, 15) is 19.2 Å². The summed E-state index contributed by atoms with van der Waals surface area (Å²) in [5, 5.41) is 0. The number of fused-ring (bicyclic) bond motifs is 15. The van der Waals surface area contributed by atoms with Crippen molar-refractivity contribution in [2.45, 2.75) is 116 Å². The summed E-state index contributed by atoms with van der Waals surface area (Å²) in [6.45, 7) is 14.8. The zero-order valence-electron chi connectivity index (χ0n) is 37.4. The maximum absolute atomic E-state index is 12.7. The van der Waals surface area contributed by atoms with Crippen molar-refractivity contribution in [2.24, 2.45) is 0 Å². The van der Waals surface area contributed by atoms with Gasteiger partial charge in [0.1, 0.15) is 30.0 Å². The number of rotatable bonds is 2. The Hall–Kier alpha value is -5.22. The van der Waals surface area contributed by atoms with Gasteiger partial charge in [0.15, 0.2) is 23.0 Å². The van der Waals surface area contributed by atoms with E-state index >= 15 is 0 Å². The lowest BCUT2D eigenvalue weighted by molar-refractivity contribution is -0.0262. The highest BCUT2D eigenvalue weighted by Gasteiger charge is 2.41. The molecule has 0 aromatic heterocycles. The maximum atomic E-state index is 12.7. The number of carbonyl (C=O) groups is 4. The molecule has 16 nitrogen and oxygen atoms in total. The normalized spacial score (nSPS) is 22.6. The second-order valence-electron chi connectivity index (χ2n) is 17.4. The first-order valence-electron chi connectivity index (χ1n) is 21.4. The summed E-state index contributed by atoms with van der Waals surface area (Å²) in [7, 11) is 2.68. The van der Waals surface area contributed by atoms with Crippen LogP contribution in [0, 0.1) is 0 Å². The van der Waals surface area contributed by atoms with Crippen LogP contribution in [0.4, 0.5) is 9.59 Å². The summed E-state index contributed by atoms with van der Waals surface area (Å²) in [6.07, 6.45) is 7.26. The van der Waals surface area contributed by atoms with Crippen LogP contribution in [0.1, 0.15) is 101 Å². The van der Waals surface area contributed by atoms with Gasteiger partial charge in [-0.05, 0) is 96.9 Å². The molecule has 2 aromatic carbocycles. The van der Waals surface area contributed by atoms with Gasteiger partial charge in [-0.15, -0.1) is 0 Å². The highest BCUT2D eigenvalue weighted by molar-refractivity contribution is 5.90. The van der Waals surface area contributed by atoms with Crippen LogP contribution in [-0.2, 0) is 28.4 Å². The Kier molecular flexibility index (Phi) is 17.1. The minimum Gasteiger partial charge on any atom is -0.490 e. The van der Waals surface area contributed by atoms with Gasteiger partial charge in [-0.3, -0.25) is 0 Å². The van der Waals surface area contributed by atoms with Gasteiger partial charge < -0.3 is 57.2 Å². The Morgan fingerprint density at radius 3 is 1.50 bits per heavy atom. The molecular formula is C46H64N2O14. The fourth-order valence-electron chi connectivity index (χ4n) is 6.89. The molecule has 0 spiro atoms. The third-order valence-electron chi connectivity index (χ3n) is 10.2. The number of amides is 2. The van der Waals surface area contributed by atoms with Crippen molar-refractivity contribution in [1.29, 1.82) is 0 Å². The molecule has 0 radical (unpaired) electrons. The first-order valence-corrected chi connectivity index (χ1v) is 21.4. The van der Waals surface area contributed by atoms with Crippen LogP contribution in [0.5, 0.6) is 23.0 Å². The molecule has 4 heterocycles. The van der Waals surface area contributed by atoms with Crippen molar-refractivity contribution in [3.05, 3.63) is 59.7 Å². The smallest absolute Gasteiger partial charge is 0.410 e. The van der Waals surface area contributed by atoms with E-state index in [0.29, 0.717) is 113 Å². The number of carbonyl (C=O) groups excluding carboxylic acids is 4. The lowest BCUT2D eigenvalue weighted by Gasteiger charge is -2.42. The molecule has 0 saturated heterocycles. The van der Waals surface area contributed by atoms with Crippen molar-refractivity contribution >= 4 is 24.1 Å². The average Bonchev–Trinajstić information content (AvgIpc) is 3.20. The highest BCUT2D eigenvalue weighted by atomic mass is 16.6. The number of esters is 2. The summed E-state index contributed by atoms with van der Waals surface area (Å²) < 4.78 is 56.1. The predicted octanol–water partition coefficient (Wildman–Crippen LogP) is 7.39. The topological polar surface area (TPSA) is 167 Å². The Balaban J connectivity index is 0.000000234. The van der Waals surface area contributed by atoms with Gasteiger partial charge in [0.05, 0.1) is 51.8 Å². The molecule has 62 heavy (non-hydrogen) atoms. The third-order valence-corrected chi connectivity index (χ3v) is 10.2. The lowest BCUT2D eigenvalue weighted by Crippen LogP contribution is -2.53. The molecule has 342 valence electrons. The van der Waals surface area contributed by atoms with Crippen molar-refractivity contribution in [3.63, 3.8) is 0 Å². The average molecular weight is 869 g/mol. The molecular weight excluding hydrogens is 805 g/mol. The summed E-state index contributed by atoms with van der Waals surface area (Å²) in [5.41, 5.74) is -0.320. The molecule has 2 fully saturated rings. The van der Waals surface area contributed by atoms with E-state index in [0.717, 1.165) is 12.8 Å². The van der Waals surface area contributed by atoms with Gasteiger partial charge in [0.25, 0.3) is 0 Å². The molecule has 2 amide bonds. The molecule has 0 unspecified atom stereocenters.